The molecule has 0 aliphatic carbocycles. The van der Waals surface area contributed by atoms with Gasteiger partial charge in [0.2, 0.25) is 0 Å². The second-order valence-electron chi connectivity index (χ2n) is 5.30. The predicted octanol–water partition coefficient (Wildman–Crippen LogP) is 3.79. The molecule has 2 amide bonds. The summed E-state index contributed by atoms with van der Waals surface area (Å²) in [4.78, 5) is 23.7. The number of halogens is 1. The van der Waals surface area contributed by atoms with Crippen LogP contribution < -0.4 is 10.7 Å². The molecule has 0 heterocycles. The minimum Gasteiger partial charge on any atom is -0.317 e. The summed E-state index contributed by atoms with van der Waals surface area (Å²) >= 11 is 5.98. The van der Waals surface area contributed by atoms with Gasteiger partial charge in [-0.1, -0.05) is 54.1 Å². The van der Waals surface area contributed by atoms with E-state index in [2.05, 4.69) is 15.8 Å². The van der Waals surface area contributed by atoms with Crippen molar-refractivity contribution in [2.75, 3.05) is 5.32 Å². The number of hydrazone groups is 1. The number of carbonyl (C=O) groups is 2. The average molecular weight is 356 g/mol. The number of carbonyl (C=O) groups excluding carboxylic acids is 2. The van der Waals surface area contributed by atoms with Crippen LogP contribution in [0.2, 0.25) is 5.02 Å². The third-order valence-corrected chi connectivity index (χ3v) is 3.78. The third-order valence-electron chi connectivity index (χ3n) is 3.37. The molecule has 0 spiro atoms. The molecule has 25 heavy (non-hydrogen) atoms. The van der Waals surface area contributed by atoms with Crippen molar-refractivity contribution in [1.82, 2.24) is 5.43 Å². The van der Waals surface area contributed by atoms with E-state index in [0.717, 1.165) is 5.56 Å². The molecule has 0 saturated heterocycles. The van der Waals surface area contributed by atoms with Crippen molar-refractivity contribution in [3.63, 3.8) is 0 Å². The zero-order valence-corrected chi connectivity index (χ0v) is 14.7. The van der Waals surface area contributed by atoms with Crippen LogP contribution in [0.25, 0.3) is 6.08 Å². The fourth-order valence-corrected chi connectivity index (χ4v) is 2.10. The van der Waals surface area contributed by atoms with Gasteiger partial charge in [-0.05, 0) is 43.2 Å². The monoisotopic (exact) mass is 355 g/mol. The van der Waals surface area contributed by atoms with E-state index in [1.165, 1.54) is 0 Å². The van der Waals surface area contributed by atoms with Crippen molar-refractivity contribution >= 4 is 40.9 Å². The minimum absolute atomic E-state index is 0.484. The van der Waals surface area contributed by atoms with Gasteiger partial charge in [-0.15, -0.1) is 0 Å². The van der Waals surface area contributed by atoms with E-state index in [1.54, 1.807) is 38.1 Å². The Morgan fingerprint density at radius 1 is 1.04 bits per heavy atom. The molecule has 0 fully saturated rings. The molecule has 5 nitrogen and oxygen atoms in total. The minimum atomic E-state index is -0.855. The van der Waals surface area contributed by atoms with Crippen molar-refractivity contribution in [3.8, 4) is 0 Å². The lowest BCUT2D eigenvalue weighted by atomic mass is 10.2. The molecular weight excluding hydrogens is 338 g/mol. The van der Waals surface area contributed by atoms with Gasteiger partial charge in [0.05, 0.1) is 5.71 Å². The lowest BCUT2D eigenvalue weighted by Gasteiger charge is -2.08. The standard InChI is InChI=1S/C19H18ClN3O2/c1-13(11-12-15-7-4-3-5-8-15)22-23-19(25)18(24)21-17-10-6-9-16(20)14(17)2/h3-12H,1-2H3,(H,21,24)(H,23,25). The molecule has 0 bridgehead atoms. The summed E-state index contributed by atoms with van der Waals surface area (Å²) in [5, 5.41) is 6.91. The number of amides is 2. The first-order valence-corrected chi connectivity index (χ1v) is 7.99. The van der Waals surface area contributed by atoms with Crippen LogP contribution in [-0.4, -0.2) is 17.5 Å². The Morgan fingerprint density at radius 3 is 2.48 bits per heavy atom. The van der Waals surface area contributed by atoms with Gasteiger partial charge < -0.3 is 5.32 Å². The Hall–Kier alpha value is -2.92. The summed E-state index contributed by atoms with van der Waals surface area (Å²) in [6.07, 6.45) is 3.61. The highest BCUT2D eigenvalue weighted by Gasteiger charge is 2.14. The fraction of sp³-hybridized carbons (Fsp3) is 0.105. The van der Waals surface area contributed by atoms with E-state index in [0.29, 0.717) is 22.0 Å². The van der Waals surface area contributed by atoms with Crippen LogP contribution in [0.5, 0.6) is 0 Å². The van der Waals surface area contributed by atoms with Crippen LogP contribution in [0.3, 0.4) is 0 Å². The number of benzene rings is 2. The SMILES string of the molecule is CC(C=Cc1ccccc1)=NNC(=O)C(=O)Nc1cccc(Cl)c1C. The predicted molar refractivity (Wildman–Crippen MR) is 102 cm³/mol. The molecule has 0 aliphatic rings. The number of nitrogens with zero attached hydrogens (tertiary/aromatic N) is 1. The Balaban J connectivity index is 1.93. The maximum atomic E-state index is 11.9. The first kappa shape index (κ1) is 18.4. The summed E-state index contributed by atoms with van der Waals surface area (Å²) in [5.41, 5.74) is 4.97. The molecule has 0 aliphatic heterocycles. The van der Waals surface area contributed by atoms with Crippen molar-refractivity contribution in [2.24, 2.45) is 5.10 Å². The summed E-state index contributed by atoms with van der Waals surface area (Å²) in [5.74, 6) is -1.67. The molecule has 2 aromatic carbocycles. The van der Waals surface area contributed by atoms with Crippen molar-refractivity contribution in [3.05, 3.63) is 70.8 Å². The highest BCUT2D eigenvalue weighted by molar-refractivity contribution is 6.40. The van der Waals surface area contributed by atoms with E-state index in [1.807, 2.05) is 36.4 Å². The summed E-state index contributed by atoms with van der Waals surface area (Å²) in [6, 6.07) is 14.7. The van der Waals surface area contributed by atoms with Gasteiger partial charge in [0.15, 0.2) is 0 Å². The Labute approximate surface area is 151 Å². The van der Waals surface area contributed by atoms with Crippen LogP contribution in [0.15, 0.2) is 59.7 Å². The number of rotatable bonds is 4. The molecule has 2 aromatic rings. The fourth-order valence-electron chi connectivity index (χ4n) is 1.93. The molecular formula is C19H18ClN3O2. The Kier molecular flexibility index (Phi) is 6.48. The summed E-state index contributed by atoms with van der Waals surface area (Å²) in [7, 11) is 0. The average Bonchev–Trinajstić information content (AvgIpc) is 2.62. The smallest absolute Gasteiger partial charge is 0.317 e. The van der Waals surface area contributed by atoms with E-state index < -0.39 is 11.8 Å². The largest absolute Gasteiger partial charge is 0.329 e. The van der Waals surface area contributed by atoms with Gasteiger partial charge in [0.1, 0.15) is 0 Å². The summed E-state index contributed by atoms with van der Waals surface area (Å²) < 4.78 is 0. The van der Waals surface area contributed by atoms with E-state index in [4.69, 9.17) is 11.6 Å². The quantitative estimate of drug-likeness (QED) is 0.497. The lowest BCUT2D eigenvalue weighted by molar-refractivity contribution is -0.136. The Morgan fingerprint density at radius 2 is 1.76 bits per heavy atom. The molecule has 2 N–H and O–H groups in total. The molecule has 6 heteroatoms. The van der Waals surface area contributed by atoms with Crippen LogP contribution in [-0.2, 0) is 9.59 Å². The lowest BCUT2D eigenvalue weighted by Crippen LogP contribution is -2.33. The molecule has 0 aromatic heterocycles. The van der Waals surface area contributed by atoms with E-state index >= 15 is 0 Å². The maximum Gasteiger partial charge on any atom is 0.329 e. The first-order valence-electron chi connectivity index (χ1n) is 7.61. The van der Waals surface area contributed by atoms with Crippen molar-refractivity contribution < 1.29 is 9.59 Å². The van der Waals surface area contributed by atoms with Gasteiger partial charge in [0.25, 0.3) is 0 Å². The van der Waals surface area contributed by atoms with Crippen molar-refractivity contribution in [2.45, 2.75) is 13.8 Å². The van der Waals surface area contributed by atoms with Crippen LogP contribution >= 0.6 is 11.6 Å². The number of nitrogens with one attached hydrogen (secondary N) is 2. The maximum absolute atomic E-state index is 11.9. The topological polar surface area (TPSA) is 70.6 Å². The molecule has 0 atom stereocenters. The van der Waals surface area contributed by atoms with E-state index in [-0.39, 0.29) is 0 Å². The van der Waals surface area contributed by atoms with Crippen LogP contribution in [0, 0.1) is 6.92 Å². The van der Waals surface area contributed by atoms with Crippen molar-refractivity contribution in [1.29, 1.82) is 0 Å². The molecule has 0 unspecified atom stereocenters. The summed E-state index contributed by atoms with van der Waals surface area (Å²) in [6.45, 7) is 3.48. The normalized spacial score (nSPS) is 11.4. The number of hydrogen-bond donors (Lipinski definition) is 2. The zero-order valence-electron chi connectivity index (χ0n) is 13.9. The number of anilines is 1. The zero-order chi connectivity index (χ0) is 18.2. The van der Waals surface area contributed by atoms with Crippen LogP contribution in [0.1, 0.15) is 18.1 Å². The second kappa shape index (κ2) is 8.80. The van der Waals surface area contributed by atoms with Crippen LogP contribution in [0.4, 0.5) is 5.69 Å². The first-order chi connectivity index (χ1) is 12.0. The number of allylic oxidation sites excluding steroid dienone is 1. The van der Waals surface area contributed by atoms with Gasteiger partial charge in [-0.3, -0.25) is 9.59 Å². The Bertz CT molecular complexity index is 830. The second-order valence-corrected chi connectivity index (χ2v) is 5.71. The van der Waals surface area contributed by atoms with Gasteiger partial charge in [0, 0.05) is 10.7 Å². The van der Waals surface area contributed by atoms with Gasteiger partial charge >= 0.3 is 11.8 Å². The van der Waals surface area contributed by atoms with E-state index in [9.17, 15) is 9.59 Å². The highest BCUT2D eigenvalue weighted by atomic mass is 35.5. The molecule has 0 radical (unpaired) electrons. The van der Waals surface area contributed by atoms with Gasteiger partial charge in [-0.25, -0.2) is 5.43 Å². The molecule has 0 saturated carbocycles. The molecule has 128 valence electrons. The third kappa shape index (κ3) is 5.58. The highest BCUT2D eigenvalue weighted by Crippen LogP contribution is 2.22. The number of hydrogen-bond acceptors (Lipinski definition) is 3. The molecule has 2 rings (SSSR count). The van der Waals surface area contributed by atoms with Gasteiger partial charge in [-0.2, -0.15) is 5.10 Å².